The molecule has 0 spiro atoms. The van der Waals surface area contributed by atoms with Crippen LogP contribution in [0.25, 0.3) is 21.1 Å². The maximum absolute atomic E-state index is 13.3. The normalized spacial score (nSPS) is 13.7. The smallest absolute Gasteiger partial charge is 0.286 e. The molecule has 1 amide bonds. The molecule has 2 aromatic heterocycles. The lowest BCUT2D eigenvalue weighted by atomic mass is 10.1. The highest BCUT2D eigenvalue weighted by Crippen LogP contribution is 2.36. The zero-order valence-corrected chi connectivity index (χ0v) is 21.7. The van der Waals surface area contributed by atoms with Crippen molar-refractivity contribution >= 4 is 40.4 Å². The summed E-state index contributed by atoms with van der Waals surface area (Å²) < 4.78 is 1.74. The Morgan fingerprint density at radius 3 is 2.74 bits per heavy atom. The Bertz CT molecular complexity index is 1320. The van der Waals surface area contributed by atoms with Crippen molar-refractivity contribution in [3.63, 3.8) is 0 Å². The van der Waals surface area contributed by atoms with Gasteiger partial charge in [0.2, 0.25) is 6.54 Å². The van der Waals surface area contributed by atoms with Gasteiger partial charge >= 0.3 is 0 Å². The largest absolute Gasteiger partial charge is 0.316 e. The average molecular weight is 526 g/mol. The molecule has 6 nitrogen and oxygen atoms in total. The van der Waals surface area contributed by atoms with E-state index in [1.165, 1.54) is 17.8 Å². The molecule has 1 aliphatic heterocycles. The summed E-state index contributed by atoms with van der Waals surface area (Å²) in [6, 6.07) is 9.19. The van der Waals surface area contributed by atoms with E-state index in [-0.39, 0.29) is 5.91 Å². The van der Waals surface area contributed by atoms with Crippen LogP contribution in [0, 0.1) is 18.4 Å². The minimum absolute atomic E-state index is 0.218. The first-order chi connectivity index (χ1) is 17.0. The van der Waals surface area contributed by atoms with Gasteiger partial charge in [-0.15, -0.1) is 11.3 Å². The quantitative estimate of drug-likeness (QED) is 0.234. The van der Waals surface area contributed by atoms with Gasteiger partial charge < -0.3 is 4.85 Å². The predicted octanol–water partition coefficient (Wildman–Crippen LogP) is 6.26. The van der Waals surface area contributed by atoms with Gasteiger partial charge in [-0.25, -0.2) is 16.3 Å². The number of aromatic nitrogens is 2. The summed E-state index contributed by atoms with van der Waals surface area (Å²) in [5.41, 5.74) is 5.75. The summed E-state index contributed by atoms with van der Waals surface area (Å²) in [6.07, 6.45) is 4.47. The number of benzene rings is 1. The van der Waals surface area contributed by atoms with Gasteiger partial charge in [-0.1, -0.05) is 48.4 Å². The van der Waals surface area contributed by atoms with E-state index in [0.717, 1.165) is 46.9 Å². The molecule has 1 N–H and O–H groups in total. The Balaban J connectivity index is 1.78. The summed E-state index contributed by atoms with van der Waals surface area (Å²) >= 11 is 14.2. The molecule has 0 atom stereocenters. The van der Waals surface area contributed by atoms with Crippen LogP contribution in [0.4, 0.5) is 0 Å². The molecular formula is C26H25Cl2N5OS. The third-order valence-electron chi connectivity index (χ3n) is 5.71. The van der Waals surface area contributed by atoms with Gasteiger partial charge in [0, 0.05) is 23.7 Å². The number of hydrogen-bond donors (Lipinski definition) is 1. The van der Waals surface area contributed by atoms with E-state index in [1.54, 1.807) is 16.8 Å². The van der Waals surface area contributed by atoms with Crippen LogP contribution in [-0.4, -0.2) is 40.3 Å². The second kappa shape index (κ2) is 11.7. The van der Waals surface area contributed by atoms with E-state index in [2.05, 4.69) is 22.1 Å². The maximum Gasteiger partial charge on any atom is 0.286 e. The third-order valence-corrected chi connectivity index (χ3v) is 7.25. The fraction of sp³-hybridized carbons (Fsp3) is 0.346. The van der Waals surface area contributed by atoms with E-state index in [9.17, 15) is 4.79 Å². The van der Waals surface area contributed by atoms with Gasteiger partial charge in [-0.05, 0) is 49.6 Å². The Labute approximate surface area is 219 Å². The van der Waals surface area contributed by atoms with Crippen LogP contribution in [0.3, 0.4) is 0 Å². The lowest BCUT2D eigenvalue weighted by Gasteiger charge is -2.26. The monoisotopic (exact) mass is 525 g/mol. The molecule has 0 bridgehead atoms. The Morgan fingerprint density at radius 2 is 2.03 bits per heavy atom. The summed E-state index contributed by atoms with van der Waals surface area (Å²) in [5, 5.41) is 7.71. The highest BCUT2D eigenvalue weighted by atomic mass is 35.5. The molecule has 0 unspecified atom stereocenters. The number of carbonyl (C=O) groups excluding carboxylic acids is 1. The second-order valence-corrected chi connectivity index (χ2v) is 10.1. The van der Waals surface area contributed by atoms with Gasteiger partial charge in [0.1, 0.15) is 0 Å². The lowest BCUT2D eigenvalue weighted by molar-refractivity contribution is 0.0743. The van der Waals surface area contributed by atoms with E-state index < -0.39 is 0 Å². The van der Waals surface area contributed by atoms with Crippen molar-refractivity contribution in [3.8, 4) is 28.1 Å². The lowest BCUT2D eigenvalue weighted by Crippen LogP contribution is -2.45. The number of hydrogen-bond acceptors (Lipinski definition) is 4. The van der Waals surface area contributed by atoms with Gasteiger partial charge in [0.15, 0.2) is 5.69 Å². The molecule has 1 aromatic carbocycles. The van der Waals surface area contributed by atoms with Crippen LogP contribution in [0.5, 0.6) is 0 Å². The zero-order valence-electron chi connectivity index (χ0n) is 19.4. The molecule has 0 radical (unpaired) electrons. The molecule has 1 saturated heterocycles. The SMILES string of the molecule is [C-]#[N+]CCC#Cc1ccc(-c2c(CC)c(C(=O)NN3CCCCC3)nn2-c2ccc(Cl)cc2Cl)s1. The number of amides is 1. The van der Waals surface area contributed by atoms with Crippen LogP contribution in [0.15, 0.2) is 30.3 Å². The van der Waals surface area contributed by atoms with Crippen molar-refractivity contribution < 1.29 is 4.79 Å². The van der Waals surface area contributed by atoms with Crippen molar-refractivity contribution in [1.82, 2.24) is 20.2 Å². The molecule has 180 valence electrons. The second-order valence-electron chi connectivity index (χ2n) is 8.12. The highest BCUT2D eigenvalue weighted by molar-refractivity contribution is 7.16. The number of halogens is 2. The molecule has 4 rings (SSSR count). The maximum atomic E-state index is 13.3. The molecule has 3 heterocycles. The Kier molecular flexibility index (Phi) is 8.49. The van der Waals surface area contributed by atoms with Crippen LogP contribution >= 0.6 is 34.5 Å². The first-order valence-corrected chi connectivity index (χ1v) is 13.1. The van der Waals surface area contributed by atoms with Crippen LogP contribution < -0.4 is 5.43 Å². The van der Waals surface area contributed by atoms with Crippen molar-refractivity contribution in [2.75, 3.05) is 19.6 Å². The van der Waals surface area contributed by atoms with Crippen LogP contribution in [0.2, 0.25) is 10.0 Å². The van der Waals surface area contributed by atoms with Crippen LogP contribution in [0.1, 0.15) is 53.5 Å². The third kappa shape index (κ3) is 5.89. The summed E-state index contributed by atoms with van der Waals surface area (Å²) in [5.74, 6) is 5.96. The molecular weight excluding hydrogens is 501 g/mol. The first kappa shape index (κ1) is 25.3. The number of carbonyl (C=O) groups is 1. The van der Waals surface area contributed by atoms with Gasteiger partial charge in [-0.3, -0.25) is 10.2 Å². The van der Waals surface area contributed by atoms with Gasteiger partial charge in [0.05, 0.1) is 32.6 Å². The predicted molar refractivity (Wildman–Crippen MR) is 142 cm³/mol. The van der Waals surface area contributed by atoms with Gasteiger partial charge in [-0.2, -0.15) is 5.10 Å². The van der Waals surface area contributed by atoms with Crippen LogP contribution in [-0.2, 0) is 6.42 Å². The molecule has 1 fully saturated rings. The molecule has 1 aliphatic rings. The fourth-order valence-corrected chi connectivity index (χ4v) is 5.47. The highest BCUT2D eigenvalue weighted by Gasteiger charge is 2.27. The number of rotatable bonds is 6. The molecule has 0 aliphatic carbocycles. The van der Waals surface area contributed by atoms with E-state index in [4.69, 9.17) is 34.9 Å². The number of thiophene rings is 1. The zero-order chi connectivity index (χ0) is 24.8. The summed E-state index contributed by atoms with van der Waals surface area (Å²) in [6.45, 7) is 11.0. The van der Waals surface area contributed by atoms with Crippen molar-refractivity contribution in [3.05, 3.63) is 67.9 Å². The topological polar surface area (TPSA) is 54.5 Å². The molecule has 9 heteroatoms. The molecule has 3 aromatic rings. The average Bonchev–Trinajstić information content (AvgIpc) is 3.47. The Morgan fingerprint density at radius 1 is 1.23 bits per heavy atom. The summed E-state index contributed by atoms with van der Waals surface area (Å²) in [4.78, 5) is 18.5. The number of nitrogens with zero attached hydrogens (tertiary/aromatic N) is 4. The minimum Gasteiger partial charge on any atom is -0.316 e. The standard InChI is InChI=1S/C26H25Cl2N5OS/c1-3-20-24(26(34)31-32-15-7-4-8-16-32)30-33(22-12-10-18(27)17-21(22)28)25(20)23-13-11-19(35-23)9-5-6-14-29-2/h10-13,17H,3-4,6-8,14-16H2,1H3,(H,31,34). The molecule has 35 heavy (non-hydrogen) atoms. The Hall–Kier alpha value is -2.81. The van der Waals surface area contributed by atoms with Crippen molar-refractivity contribution in [2.45, 2.75) is 39.0 Å². The first-order valence-electron chi connectivity index (χ1n) is 11.6. The minimum atomic E-state index is -0.218. The number of piperidine rings is 1. The van der Waals surface area contributed by atoms with E-state index in [0.29, 0.717) is 40.8 Å². The number of nitrogens with one attached hydrogen (secondary N) is 1. The van der Waals surface area contributed by atoms with Gasteiger partial charge in [0.25, 0.3) is 5.91 Å². The summed E-state index contributed by atoms with van der Waals surface area (Å²) in [7, 11) is 0. The fourth-order valence-electron chi connectivity index (χ4n) is 4.04. The molecule has 0 saturated carbocycles. The van der Waals surface area contributed by atoms with E-state index >= 15 is 0 Å². The van der Waals surface area contributed by atoms with E-state index in [1.807, 2.05) is 30.1 Å². The van der Waals surface area contributed by atoms with Crippen molar-refractivity contribution in [2.24, 2.45) is 0 Å². The van der Waals surface area contributed by atoms with Crippen molar-refractivity contribution in [1.29, 1.82) is 0 Å². The number of hydrazine groups is 1.